The number of rotatable bonds is 2. The van der Waals surface area contributed by atoms with Gasteiger partial charge in [0.05, 0.1) is 10.4 Å². The molecule has 0 aliphatic carbocycles. The van der Waals surface area contributed by atoms with Gasteiger partial charge in [-0.25, -0.2) is 4.21 Å². The number of hydrogen-bond acceptors (Lipinski definition) is 1. The summed E-state index contributed by atoms with van der Waals surface area (Å²) in [6.45, 7) is 8.08. The van der Waals surface area contributed by atoms with Crippen LogP contribution in [0.4, 0.5) is 0 Å². The standard InChI is InChI=1S/C16H15NOS.C2H6/c1-12-4-7-15(8-5-12)19(18)17-10-9-14-6-3-13(2)11-16(14)17;1-2/h3-11H,1-2H3;1-2H3. The summed E-state index contributed by atoms with van der Waals surface area (Å²) in [6.07, 6.45) is 1.89. The minimum absolute atomic E-state index is 0.824. The first-order valence-electron chi connectivity index (χ1n) is 7.22. The first kappa shape index (κ1) is 15.5. The molecule has 1 unspecified atom stereocenters. The van der Waals surface area contributed by atoms with Gasteiger partial charge < -0.3 is 0 Å². The Balaban J connectivity index is 0.000000774. The lowest BCUT2D eigenvalue weighted by Gasteiger charge is -2.06. The van der Waals surface area contributed by atoms with Gasteiger partial charge in [0.2, 0.25) is 0 Å². The quantitative estimate of drug-likeness (QED) is 0.662. The predicted molar refractivity (Wildman–Crippen MR) is 91.0 cm³/mol. The van der Waals surface area contributed by atoms with Crippen LogP contribution in [0.25, 0.3) is 10.9 Å². The molecule has 1 aromatic heterocycles. The summed E-state index contributed by atoms with van der Waals surface area (Å²) in [5.74, 6) is 0. The van der Waals surface area contributed by atoms with Crippen LogP contribution in [0, 0.1) is 13.8 Å². The highest BCUT2D eigenvalue weighted by atomic mass is 32.2. The summed E-state index contributed by atoms with van der Waals surface area (Å²) in [6, 6.07) is 16.0. The van der Waals surface area contributed by atoms with Crippen LogP contribution < -0.4 is 0 Å². The largest absolute Gasteiger partial charge is 0.263 e. The van der Waals surface area contributed by atoms with Crippen LogP contribution in [-0.4, -0.2) is 8.18 Å². The van der Waals surface area contributed by atoms with Crippen molar-refractivity contribution in [3.63, 3.8) is 0 Å². The molecule has 21 heavy (non-hydrogen) atoms. The fourth-order valence-electron chi connectivity index (χ4n) is 2.13. The molecule has 0 saturated carbocycles. The van der Waals surface area contributed by atoms with Crippen LogP contribution in [0.15, 0.2) is 59.6 Å². The van der Waals surface area contributed by atoms with Gasteiger partial charge >= 0.3 is 0 Å². The zero-order valence-electron chi connectivity index (χ0n) is 13.0. The molecular weight excluding hydrogens is 278 g/mol. The molecule has 0 fully saturated rings. The molecule has 2 nitrogen and oxygen atoms in total. The molecule has 110 valence electrons. The Morgan fingerprint density at radius 2 is 1.48 bits per heavy atom. The molecule has 0 N–H and O–H groups in total. The van der Waals surface area contributed by atoms with Crippen molar-refractivity contribution in [2.75, 3.05) is 0 Å². The van der Waals surface area contributed by atoms with Crippen LogP contribution in [-0.2, 0) is 11.0 Å². The molecule has 0 saturated heterocycles. The normalized spacial score (nSPS) is 11.8. The van der Waals surface area contributed by atoms with E-state index in [0.717, 1.165) is 15.8 Å². The van der Waals surface area contributed by atoms with Crippen molar-refractivity contribution in [3.05, 3.63) is 65.9 Å². The summed E-state index contributed by atoms with van der Waals surface area (Å²) >= 11 is 0. The topological polar surface area (TPSA) is 22.0 Å². The van der Waals surface area contributed by atoms with E-state index in [1.54, 1.807) is 0 Å². The fraction of sp³-hybridized carbons (Fsp3) is 0.222. The van der Waals surface area contributed by atoms with Crippen molar-refractivity contribution in [2.24, 2.45) is 0 Å². The van der Waals surface area contributed by atoms with Crippen molar-refractivity contribution in [1.82, 2.24) is 3.97 Å². The maximum atomic E-state index is 12.6. The van der Waals surface area contributed by atoms with Gasteiger partial charge in [0.25, 0.3) is 0 Å². The molecule has 0 spiro atoms. The van der Waals surface area contributed by atoms with Gasteiger partial charge in [-0.1, -0.05) is 43.7 Å². The van der Waals surface area contributed by atoms with E-state index in [1.165, 1.54) is 11.1 Å². The van der Waals surface area contributed by atoms with Gasteiger partial charge in [0.15, 0.2) is 11.0 Å². The van der Waals surface area contributed by atoms with E-state index in [2.05, 4.69) is 18.2 Å². The smallest absolute Gasteiger partial charge is 0.157 e. The number of benzene rings is 2. The van der Waals surface area contributed by atoms with E-state index < -0.39 is 11.0 Å². The monoisotopic (exact) mass is 299 g/mol. The second kappa shape index (κ2) is 6.72. The van der Waals surface area contributed by atoms with Crippen LogP contribution in [0.2, 0.25) is 0 Å². The van der Waals surface area contributed by atoms with Gasteiger partial charge in [-0.15, -0.1) is 0 Å². The zero-order chi connectivity index (χ0) is 15.4. The van der Waals surface area contributed by atoms with Crippen molar-refractivity contribution in [3.8, 4) is 0 Å². The number of fused-ring (bicyclic) bond motifs is 1. The minimum Gasteiger partial charge on any atom is -0.263 e. The van der Waals surface area contributed by atoms with Crippen LogP contribution in [0.3, 0.4) is 0 Å². The van der Waals surface area contributed by atoms with Crippen LogP contribution in [0.1, 0.15) is 25.0 Å². The Labute approximate surface area is 129 Å². The molecular formula is C18H21NOS. The molecule has 3 aromatic rings. The highest BCUT2D eigenvalue weighted by Gasteiger charge is 2.09. The van der Waals surface area contributed by atoms with Crippen molar-refractivity contribution < 1.29 is 4.21 Å². The molecule has 0 aliphatic rings. The average Bonchev–Trinajstić information content (AvgIpc) is 2.92. The minimum atomic E-state index is -1.19. The molecule has 3 heteroatoms. The molecule has 1 atom stereocenters. The SMILES string of the molecule is CC.Cc1ccc(S(=O)n2ccc3ccc(C)cc32)cc1. The highest BCUT2D eigenvalue weighted by molar-refractivity contribution is 7.83. The van der Waals surface area contributed by atoms with E-state index >= 15 is 0 Å². The number of hydrogen-bond donors (Lipinski definition) is 0. The molecule has 0 bridgehead atoms. The fourth-order valence-corrected chi connectivity index (χ4v) is 3.23. The molecule has 0 amide bonds. The Morgan fingerprint density at radius 3 is 2.14 bits per heavy atom. The number of aromatic nitrogens is 1. The zero-order valence-corrected chi connectivity index (χ0v) is 13.8. The van der Waals surface area contributed by atoms with E-state index in [-0.39, 0.29) is 0 Å². The van der Waals surface area contributed by atoms with Gasteiger partial charge in [-0.2, -0.15) is 0 Å². The Bertz CT molecular complexity index is 756. The Kier molecular flexibility index (Phi) is 4.97. The molecule has 2 aromatic carbocycles. The molecule has 0 radical (unpaired) electrons. The first-order valence-corrected chi connectivity index (χ1v) is 8.32. The van der Waals surface area contributed by atoms with Crippen LogP contribution >= 0.6 is 0 Å². The van der Waals surface area contributed by atoms with Crippen molar-refractivity contribution in [1.29, 1.82) is 0 Å². The second-order valence-electron chi connectivity index (χ2n) is 4.77. The Hall–Kier alpha value is -1.87. The van der Waals surface area contributed by atoms with Crippen molar-refractivity contribution in [2.45, 2.75) is 32.6 Å². The maximum Gasteiger partial charge on any atom is 0.157 e. The lowest BCUT2D eigenvalue weighted by atomic mass is 10.2. The van der Waals surface area contributed by atoms with E-state index in [9.17, 15) is 4.21 Å². The molecule has 3 rings (SSSR count). The lowest BCUT2D eigenvalue weighted by molar-refractivity contribution is 0.678. The van der Waals surface area contributed by atoms with Crippen molar-refractivity contribution >= 4 is 21.9 Å². The third-order valence-corrected chi connectivity index (χ3v) is 4.57. The maximum absolute atomic E-state index is 12.6. The van der Waals surface area contributed by atoms with Gasteiger partial charge in [0, 0.05) is 11.6 Å². The third-order valence-electron chi connectivity index (χ3n) is 3.21. The van der Waals surface area contributed by atoms with Gasteiger partial charge in [0.1, 0.15) is 0 Å². The summed E-state index contributed by atoms with van der Waals surface area (Å²) in [4.78, 5) is 0.824. The summed E-state index contributed by atoms with van der Waals surface area (Å²) in [5.41, 5.74) is 3.36. The van der Waals surface area contributed by atoms with Crippen LogP contribution in [0.5, 0.6) is 0 Å². The Morgan fingerprint density at radius 1 is 0.857 bits per heavy atom. The second-order valence-corrected chi connectivity index (χ2v) is 6.13. The summed E-state index contributed by atoms with van der Waals surface area (Å²) in [7, 11) is -1.19. The lowest BCUT2D eigenvalue weighted by Crippen LogP contribution is -2.03. The summed E-state index contributed by atoms with van der Waals surface area (Å²) < 4.78 is 14.4. The predicted octanol–water partition coefficient (Wildman–Crippen LogP) is 4.86. The van der Waals surface area contributed by atoms with Gasteiger partial charge in [-0.3, -0.25) is 3.97 Å². The average molecular weight is 299 g/mol. The highest BCUT2D eigenvalue weighted by Crippen LogP contribution is 2.21. The van der Waals surface area contributed by atoms with E-state index in [1.807, 2.05) is 68.2 Å². The van der Waals surface area contributed by atoms with E-state index in [0.29, 0.717) is 0 Å². The first-order chi connectivity index (χ1) is 10.1. The summed E-state index contributed by atoms with van der Waals surface area (Å²) in [5, 5.41) is 1.12. The van der Waals surface area contributed by atoms with E-state index in [4.69, 9.17) is 0 Å². The molecule has 0 aliphatic heterocycles. The number of nitrogens with zero attached hydrogens (tertiary/aromatic N) is 1. The number of aryl methyl sites for hydroxylation is 2. The molecule has 1 heterocycles. The van der Waals surface area contributed by atoms with Gasteiger partial charge in [-0.05, 0) is 43.7 Å². The third kappa shape index (κ3) is 3.24.